The number of hydrogen-bond donors (Lipinski definition) is 1. The summed E-state index contributed by atoms with van der Waals surface area (Å²) in [4.78, 5) is 27.5. The smallest absolute Gasteiger partial charge is 0.263 e. The third-order valence-electron chi connectivity index (χ3n) is 5.67. The molecule has 34 heavy (non-hydrogen) atoms. The maximum absolute atomic E-state index is 13.1. The molecule has 5 rings (SSSR count). The molecule has 1 fully saturated rings. The summed E-state index contributed by atoms with van der Waals surface area (Å²) in [6, 6.07) is 15.0. The number of carbonyl (C=O) groups is 2. The molecule has 1 N–H and O–H groups in total. The Balaban J connectivity index is 1.33. The zero-order chi connectivity index (χ0) is 23.8. The molecule has 4 aromatic rings. The summed E-state index contributed by atoms with van der Waals surface area (Å²) in [7, 11) is 0. The summed E-state index contributed by atoms with van der Waals surface area (Å²) in [5.41, 5.74) is 3.22. The van der Waals surface area contributed by atoms with Crippen LogP contribution in [0, 0.1) is 13.8 Å². The van der Waals surface area contributed by atoms with E-state index in [0.29, 0.717) is 45.1 Å². The fourth-order valence-electron chi connectivity index (χ4n) is 4.00. The van der Waals surface area contributed by atoms with Gasteiger partial charge in [-0.1, -0.05) is 58.4 Å². The van der Waals surface area contributed by atoms with E-state index in [2.05, 4.69) is 20.7 Å². The van der Waals surface area contributed by atoms with Crippen LogP contribution in [0.2, 0.25) is 5.02 Å². The van der Waals surface area contributed by atoms with Gasteiger partial charge in [-0.25, -0.2) is 0 Å². The summed E-state index contributed by atoms with van der Waals surface area (Å²) < 4.78 is 5.28. The maximum atomic E-state index is 13.1. The lowest BCUT2D eigenvalue weighted by Gasteiger charge is -2.16. The van der Waals surface area contributed by atoms with Crippen molar-refractivity contribution in [2.24, 2.45) is 0 Å². The molecule has 1 saturated heterocycles. The Morgan fingerprint density at radius 1 is 1.18 bits per heavy atom. The van der Waals surface area contributed by atoms with E-state index in [9.17, 15) is 9.59 Å². The predicted octanol–water partition coefficient (Wildman–Crippen LogP) is 5.24. The molecule has 1 unspecified atom stereocenters. The van der Waals surface area contributed by atoms with Crippen LogP contribution in [0.3, 0.4) is 0 Å². The number of benzene rings is 2. The van der Waals surface area contributed by atoms with Crippen molar-refractivity contribution in [3.63, 3.8) is 0 Å². The monoisotopic (exact) mass is 493 g/mol. The van der Waals surface area contributed by atoms with Gasteiger partial charge in [-0.05, 0) is 37.6 Å². The number of anilines is 2. The second-order valence-electron chi connectivity index (χ2n) is 8.09. The fourth-order valence-corrected chi connectivity index (χ4v) is 5.06. The Morgan fingerprint density at radius 3 is 2.79 bits per heavy atom. The van der Waals surface area contributed by atoms with Crippen molar-refractivity contribution in [1.82, 2.24) is 15.4 Å². The van der Waals surface area contributed by atoms with Gasteiger partial charge in [-0.15, -0.1) is 10.2 Å². The summed E-state index contributed by atoms with van der Waals surface area (Å²) in [6.07, 6.45) is 0.345. The Hall–Kier alpha value is -3.56. The molecule has 2 aromatic heterocycles. The Kier molecular flexibility index (Phi) is 5.89. The van der Waals surface area contributed by atoms with E-state index in [-0.39, 0.29) is 17.4 Å². The number of nitrogens with one attached hydrogen (secondary N) is 1. The van der Waals surface area contributed by atoms with Gasteiger partial charge >= 0.3 is 0 Å². The third-order valence-corrected chi connectivity index (χ3v) is 7.00. The van der Waals surface area contributed by atoms with Crippen molar-refractivity contribution in [3.05, 3.63) is 75.4 Å². The molecule has 0 aliphatic carbocycles. The van der Waals surface area contributed by atoms with Crippen molar-refractivity contribution < 1.29 is 14.1 Å². The second-order valence-corrected chi connectivity index (χ2v) is 9.50. The minimum Gasteiger partial charge on any atom is -0.360 e. The zero-order valence-electron chi connectivity index (χ0n) is 18.4. The van der Waals surface area contributed by atoms with Gasteiger partial charge in [0.05, 0.1) is 5.02 Å². The van der Waals surface area contributed by atoms with Gasteiger partial charge in [0.2, 0.25) is 11.0 Å². The molecule has 0 spiro atoms. The van der Waals surface area contributed by atoms with E-state index in [1.54, 1.807) is 30.0 Å². The van der Waals surface area contributed by atoms with E-state index in [1.165, 1.54) is 11.3 Å². The van der Waals surface area contributed by atoms with E-state index in [0.717, 1.165) is 11.3 Å². The first-order chi connectivity index (χ1) is 16.4. The topological polar surface area (TPSA) is 101 Å². The van der Waals surface area contributed by atoms with E-state index in [4.69, 9.17) is 16.1 Å². The van der Waals surface area contributed by atoms with Crippen LogP contribution in [-0.2, 0) is 4.79 Å². The van der Waals surface area contributed by atoms with Crippen molar-refractivity contribution in [2.45, 2.75) is 26.2 Å². The average molecular weight is 494 g/mol. The van der Waals surface area contributed by atoms with Crippen molar-refractivity contribution in [1.29, 1.82) is 0 Å². The van der Waals surface area contributed by atoms with Crippen molar-refractivity contribution >= 4 is 45.6 Å². The number of halogens is 1. The second kappa shape index (κ2) is 9.00. The number of aromatic nitrogens is 3. The highest BCUT2D eigenvalue weighted by Crippen LogP contribution is 2.35. The summed E-state index contributed by atoms with van der Waals surface area (Å²) in [6.45, 7) is 4.18. The lowest BCUT2D eigenvalue weighted by atomic mass is 10.1. The van der Waals surface area contributed by atoms with E-state index < -0.39 is 5.91 Å². The number of aryl methyl sites for hydroxylation is 2. The molecular formula is C24H20ClN5O3S. The number of carbonyl (C=O) groups excluding carboxylic acids is 2. The molecule has 2 amide bonds. The van der Waals surface area contributed by atoms with Crippen LogP contribution in [0.4, 0.5) is 10.8 Å². The largest absolute Gasteiger partial charge is 0.360 e. The molecule has 1 aliphatic heterocycles. The van der Waals surface area contributed by atoms with Gasteiger partial charge in [0.15, 0.2) is 0 Å². The van der Waals surface area contributed by atoms with Crippen LogP contribution in [0.5, 0.6) is 0 Å². The Labute approximate surface area is 204 Å². The van der Waals surface area contributed by atoms with E-state index >= 15 is 0 Å². The number of hydrogen-bond acceptors (Lipinski definition) is 7. The molecule has 172 valence electrons. The Bertz CT molecular complexity index is 1400. The van der Waals surface area contributed by atoms with Gasteiger partial charge < -0.3 is 9.42 Å². The first kappa shape index (κ1) is 22.2. The third kappa shape index (κ3) is 4.20. The van der Waals surface area contributed by atoms with Crippen LogP contribution in [0.15, 0.2) is 53.1 Å². The number of nitrogens with zero attached hydrogens (tertiary/aromatic N) is 4. The van der Waals surface area contributed by atoms with Crippen LogP contribution >= 0.6 is 22.9 Å². The molecule has 3 heterocycles. The van der Waals surface area contributed by atoms with Crippen LogP contribution in [0.25, 0.3) is 11.3 Å². The predicted molar refractivity (Wildman–Crippen MR) is 130 cm³/mol. The molecule has 8 nitrogen and oxygen atoms in total. The molecule has 0 saturated carbocycles. The number of amides is 2. The fraction of sp³-hybridized carbons (Fsp3) is 0.208. The highest BCUT2D eigenvalue weighted by Gasteiger charge is 2.34. The summed E-state index contributed by atoms with van der Waals surface area (Å²) in [5.74, 6) is -0.0966. The number of rotatable bonds is 5. The molecule has 2 aromatic carbocycles. The van der Waals surface area contributed by atoms with Gasteiger partial charge in [-0.2, -0.15) is 0 Å². The normalized spacial score (nSPS) is 15.7. The van der Waals surface area contributed by atoms with Crippen molar-refractivity contribution in [3.8, 4) is 11.3 Å². The summed E-state index contributed by atoms with van der Waals surface area (Å²) in [5, 5.41) is 16.7. The quantitative estimate of drug-likeness (QED) is 0.408. The zero-order valence-corrected chi connectivity index (χ0v) is 20.0. The van der Waals surface area contributed by atoms with Crippen LogP contribution in [-0.4, -0.2) is 33.7 Å². The van der Waals surface area contributed by atoms with Crippen molar-refractivity contribution in [2.75, 3.05) is 16.8 Å². The summed E-state index contributed by atoms with van der Waals surface area (Å²) >= 11 is 7.55. The minimum atomic E-state index is -0.416. The molecule has 1 atom stereocenters. The lowest BCUT2D eigenvalue weighted by molar-refractivity contribution is -0.117. The molecule has 0 radical (unpaired) electrons. The van der Waals surface area contributed by atoms with Crippen LogP contribution < -0.4 is 10.2 Å². The first-order valence-electron chi connectivity index (χ1n) is 10.6. The molecule has 1 aliphatic rings. The highest BCUT2D eigenvalue weighted by molar-refractivity contribution is 7.15. The highest BCUT2D eigenvalue weighted by atomic mass is 35.5. The molecule has 10 heteroatoms. The lowest BCUT2D eigenvalue weighted by Crippen LogP contribution is -2.24. The standard InChI is InChI=1S/C24H20ClN5O3S/c1-13-6-5-7-16(10-13)30-12-15(11-19(30)31)23-27-28-24(34-23)26-22(32)20-14(2)33-29-21(20)17-8-3-4-9-18(17)25/h3-10,15H,11-12H2,1-2H3,(H,26,28,32). The van der Waals surface area contributed by atoms with Gasteiger partial charge in [0, 0.05) is 30.1 Å². The van der Waals surface area contributed by atoms with Gasteiger partial charge in [0.1, 0.15) is 22.0 Å². The molecular weight excluding hydrogens is 474 g/mol. The minimum absolute atomic E-state index is 0.0425. The SMILES string of the molecule is Cc1cccc(N2CC(c3nnc(NC(=O)c4c(-c5ccccc5Cl)noc4C)s3)CC2=O)c1. The van der Waals surface area contributed by atoms with Gasteiger partial charge in [0.25, 0.3) is 5.91 Å². The molecule has 0 bridgehead atoms. The van der Waals surface area contributed by atoms with Crippen LogP contribution in [0.1, 0.15) is 39.0 Å². The van der Waals surface area contributed by atoms with E-state index in [1.807, 2.05) is 37.3 Å². The van der Waals surface area contributed by atoms with Gasteiger partial charge in [-0.3, -0.25) is 14.9 Å². The Morgan fingerprint density at radius 2 is 2.00 bits per heavy atom. The average Bonchev–Trinajstić information content (AvgIpc) is 3.52. The maximum Gasteiger partial charge on any atom is 0.263 e. The first-order valence-corrected chi connectivity index (χ1v) is 11.8.